The summed E-state index contributed by atoms with van der Waals surface area (Å²) in [5.41, 5.74) is 7.75. The molecule has 1 rings (SSSR count). The summed E-state index contributed by atoms with van der Waals surface area (Å²) in [6.07, 6.45) is 7.13. The first-order valence-electron chi connectivity index (χ1n) is 6.04. The maximum Gasteiger partial charge on any atom is 0.338 e. The quantitative estimate of drug-likeness (QED) is 0.361. The molecule has 0 aliphatic heterocycles. The normalized spacial score (nSPS) is 10.5. The number of nitrogens with two attached hydrogens (primary N) is 1. The molecule has 0 amide bonds. The van der Waals surface area contributed by atoms with E-state index < -0.39 is 0 Å². The van der Waals surface area contributed by atoms with Crippen LogP contribution >= 0.6 is 0 Å². The zero-order valence-electron chi connectivity index (χ0n) is 10.7. The number of nitrogen functional groups attached to an aromatic ring is 1. The highest BCUT2D eigenvalue weighted by atomic mass is 16.5. The Morgan fingerprint density at radius 1 is 1.50 bits per heavy atom. The van der Waals surface area contributed by atoms with Crippen molar-refractivity contribution in [3.05, 3.63) is 48.1 Å². The van der Waals surface area contributed by atoms with Gasteiger partial charge in [0, 0.05) is 5.69 Å². The topological polar surface area (TPSA) is 52.3 Å². The molecular formula is C15H19NO2. The van der Waals surface area contributed by atoms with E-state index in [9.17, 15) is 4.79 Å². The lowest BCUT2D eigenvalue weighted by atomic mass is 10.1. The molecule has 3 heteroatoms. The fraction of sp³-hybridized carbons (Fsp3) is 0.267. The maximum atomic E-state index is 11.7. The molecule has 0 aromatic heterocycles. The summed E-state index contributed by atoms with van der Waals surface area (Å²) >= 11 is 0. The van der Waals surface area contributed by atoms with Gasteiger partial charge in [-0.25, -0.2) is 4.79 Å². The molecule has 1 aromatic carbocycles. The molecule has 2 N–H and O–H groups in total. The van der Waals surface area contributed by atoms with Gasteiger partial charge in [-0.05, 0) is 30.2 Å². The maximum absolute atomic E-state index is 11.7. The molecule has 0 aliphatic rings. The zero-order chi connectivity index (χ0) is 13.4. The highest BCUT2D eigenvalue weighted by Crippen LogP contribution is 2.16. The molecule has 1 aromatic rings. The van der Waals surface area contributed by atoms with Gasteiger partial charge in [-0.2, -0.15) is 0 Å². The largest absolute Gasteiger partial charge is 0.462 e. The third-order valence-corrected chi connectivity index (χ3v) is 2.47. The second kappa shape index (κ2) is 7.33. The van der Waals surface area contributed by atoms with Gasteiger partial charge in [0.15, 0.2) is 0 Å². The van der Waals surface area contributed by atoms with Gasteiger partial charge in [-0.3, -0.25) is 0 Å². The van der Waals surface area contributed by atoms with Gasteiger partial charge in [-0.15, -0.1) is 0 Å². The van der Waals surface area contributed by atoms with Crippen molar-refractivity contribution in [2.24, 2.45) is 0 Å². The lowest BCUT2D eigenvalue weighted by Crippen LogP contribution is -2.07. The van der Waals surface area contributed by atoms with Crippen LogP contribution < -0.4 is 5.73 Å². The molecule has 0 bridgehead atoms. The van der Waals surface area contributed by atoms with Crippen molar-refractivity contribution in [1.29, 1.82) is 0 Å². The van der Waals surface area contributed by atoms with Crippen molar-refractivity contribution in [3.8, 4) is 0 Å². The zero-order valence-corrected chi connectivity index (χ0v) is 10.7. The lowest BCUT2D eigenvalue weighted by molar-refractivity contribution is 0.0500. The second-order valence-corrected chi connectivity index (χ2v) is 3.93. The van der Waals surface area contributed by atoms with Crippen molar-refractivity contribution in [1.82, 2.24) is 0 Å². The Balaban J connectivity index is 2.80. The van der Waals surface area contributed by atoms with Crippen LogP contribution in [0.1, 0.15) is 35.7 Å². The summed E-state index contributed by atoms with van der Waals surface area (Å²) in [5, 5.41) is 0. The van der Waals surface area contributed by atoms with Crippen LogP contribution in [0.5, 0.6) is 0 Å². The molecule has 0 spiro atoms. The van der Waals surface area contributed by atoms with Gasteiger partial charge in [0.2, 0.25) is 0 Å². The van der Waals surface area contributed by atoms with Crippen LogP contribution in [0.3, 0.4) is 0 Å². The molecule has 0 atom stereocenters. The van der Waals surface area contributed by atoms with E-state index in [2.05, 4.69) is 13.5 Å². The number of hydrogen-bond donors (Lipinski definition) is 1. The number of benzene rings is 1. The van der Waals surface area contributed by atoms with E-state index in [0.717, 1.165) is 18.4 Å². The summed E-state index contributed by atoms with van der Waals surface area (Å²) in [4.78, 5) is 11.7. The summed E-state index contributed by atoms with van der Waals surface area (Å²) in [6, 6.07) is 5.11. The van der Waals surface area contributed by atoms with Crippen molar-refractivity contribution in [3.63, 3.8) is 0 Å². The minimum absolute atomic E-state index is 0.309. The molecule has 0 heterocycles. The van der Waals surface area contributed by atoms with Gasteiger partial charge in [0.25, 0.3) is 0 Å². The number of carbonyl (C=O) groups excluding carboxylic acids is 1. The predicted molar refractivity (Wildman–Crippen MR) is 75.3 cm³/mol. The van der Waals surface area contributed by atoms with E-state index in [0.29, 0.717) is 17.9 Å². The Kier molecular flexibility index (Phi) is 5.71. The van der Waals surface area contributed by atoms with Crippen molar-refractivity contribution >= 4 is 17.7 Å². The van der Waals surface area contributed by atoms with Gasteiger partial charge in [-0.1, -0.05) is 38.2 Å². The molecule has 0 fully saturated rings. The monoisotopic (exact) mass is 245 g/mol. The fourth-order valence-corrected chi connectivity index (χ4v) is 1.41. The van der Waals surface area contributed by atoms with Crippen LogP contribution in [0.2, 0.25) is 0 Å². The highest BCUT2D eigenvalue weighted by molar-refractivity contribution is 5.91. The molecule has 18 heavy (non-hydrogen) atoms. The minimum atomic E-state index is -0.309. The number of rotatable bonds is 6. The Morgan fingerprint density at radius 2 is 2.28 bits per heavy atom. The molecule has 0 aliphatic carbocycles. The van der Waals surface area contributed by atoms with Crippen molar-refractivity contribution in [2.75, 3.05) is 12.3 Å². The number of unbranched alkanes of at least 4 members (excludes halogenated alkanes) is 1. The second-order valence-electron chi connectivity index (χ2n) is 3.93. The van der Waals surface area contributed by atoms with Gasteiger partial charge in [0.05, 0.1) is 12.2 Å². The van der Waals surface area contributed by atoms with Gasteiger partial charge < -0.3 is 10.5 Å². The first kappa shape index (κ1) is 14.0. The first-order chi connectivity index (χ1) is 8.69. The van der Waals surface area contributed by atoms with Crippen LogP contribution in [0.15, 0.2) is 36.9 Å². The van der Waals surface area contributed by atoms with E-state index in [1.54, 1.807) is 30.4 Å². The van der Waals surface area contributed by atoms with Crippen molar-refractivity contribution < 1.29 is 9.53 Å². The number of esters is 1. The highest BCUT2D eigenvalue weighted by Gasteiger charge is 2.08. The lowest BCUT2D eigenvalue weighted by Gasteiger charge is -2.06. The number of allylic oxidation sites excluding steroid dienone is 2. The smallest absolute Gasteiger partial charge is 0.338 e. The summed E-state index contributed by atoms with van der Waals surface area (Å²) in [5.74, 6) is -0.309. The number of ether oxygens (including phenoxy) is 1. The average molecular weight is 245 g/mol. The predicted octanol–water partition coefficient (Wildman–Crippen LogP) is 3.42. The first-order valence-corrected chi connectivity index (χ1v) is 6.04. The third-order valence-electron chi connectivity index (χ3n) is 2.47. The fourth-order valence-electron chi connectivity index (χ4n) is 1.41. The average Bonchev–Trinajstić information content (AvgIpc) is 2.38. The Morgan fingerprint density at radius 3 is 2.94 bits per heavy atom. The van der Waals surface area contributed by atoms with Crippen LogP contribution in [0, 0.1) is 0 Å². The van der Waals surface area contributed by atoms with E-state index in [1.807, 2.05) is 6.08 Å². The Hall–Kier alpha value is -2.03. The van der Waals surface area contributed by atoms with E-state index >= 15 is 0 Å². The summed E-state index contributed by atoms with van der Waals surface area (Å²) in [6.45, 7) is 6.10. The molecule has 0 saturated heterocycles. The van der Waals surface area contributed by atoms with Crippen molar-refractivity contribution in [2.45, 2.75) is 19.8 Å². The third kappa shape index (κ3) is 4.09. The molecule has 0 radical (unpaired) electrons. The van der Waals surface area contributed by atoms with E-state index in [4.69, 9.17) is 10.5 Å². The standard InChI is InChI=1S/C15H19NO2/c1-3-5-7-12-11-13(8-9-14(12)16)15(17)18-10-6-4-2/h3,5,7-9,11H,1,4,6,10,16H2,2H3. The molecular weight excluding hydrogens is 226 g/mol. The van der Waals surface area contributed by atoms with Crippen LogP contribution in [0.4, 0.5) is 5.69 Å². The summed E-state index contributed by atoms with van der Waals surface area (Å²) < 4.78 is 5.14. The Bertz CT molecular complexity index is 450. The van der Waals surface area contributed by atoms with Crippen LogP contribution in [0.25, 0.3) is 6.08 Å². The molecule has 0 unspecified atom stereocenters. The van der Waals surface area contributed by atoms with E-state index in [1.165, 1.54) is 0 Å². The van der Waals surface area contributed by atoms with Crippen LogP contribution in [-0.2, 0) is 4.74 Å². The Labute approximate surface area is 108 Å². The molecule has 96 valence electrons. The SMILES string of the molecule is C=CC=Cc1cc(C(=O)OCCCC)ccc1N. The van der Waals surface area contributed by atoms with Gasteiger partial charge >= 0.3 is 5.97 Å². The minimum Gasteiger partial charge on any atom is -0.462 e. The summed E-state index contributed by atoms with van der Waals surface area (Å²) in [7, 11) is 0. The number of carbonyl (C=O) groups is 1. The number of hydrogen-bond acceptors (Lipinski definition) is 3. The van der Waals surface area contributed by atoms with Gasteiger partial charge in [0.1, 0.15) is 0 Å². The number of anilines is 1. The molecule has 3 nitrogen and oxygen atoms in total. The van der Waals surface area contributed by atoms with E-state index in [-0.39, 0.29) is 5.97 Å². The molecule has 0 saturated carbocycles. The van der Waals surface area contributed by atoms with Crippen LogP contribution in [-0.4, -0.2) is 12.6 Å².